The van der Waals surface area contributed by atoms with Crippen molar-refractivity contribution in [2.75, 3.05) is 5.43 Å². The van der Waals surface area contributed by atoms with Crippen LogP contribution in [0.3, 0.4) is 0 Å². The average molecular weight is 326 g/mol. The van der Waals surface area contributed by atoms with Crippen LogP contribution < -0.4 is 11.0 Å². The molecule has 6 nitrogen and oxygen atoms in total. The molecule has 0 aliphatic carbocycles. The molecule has 2 rings (SSSR count). The lowest BCUT2D eigenvalue weighted by Gasteiger charge is -1.99. The Morgan fingerprint density at radius 1 is 1.47 bits per heavy atom. The highest BCUT2D eigenvalue weighted by Crippen LogP contribution is 2.13. The molecule has 2 N–H and O–H groups in total. The number of nitrogens with one attached hydrogen (secondary N) is 2. The molecule has 2 aromatic rings. The number of hydrogen-bond donors (Lipinski definition) is 2. The number of H-pyrrole nitrogens is 1. The van der Waals surface area contributed by atoms with Crippen molar-refractivity contribution in [1.82, 2.24) is 15.2 Å². The Balaban J connectivity index is 2.13. The van der Waals surface area contributed by atoms with Gasteiger partial charge < -0.3 is 0 Å². The topological polar surface area (TPSA) is 83.0 Å². The Hall–Kier alpha value is -2.09. The van der Waals surface area contributed by atoms with Crippen molar-refractivity contribution in [2.45, 2.75) is 6.92 Å². The molecule has 1 heterocycles. The van der Waals surface area contributed by atoms with Crippen molar-refractivity contribution >= 4 is 28.1 Å². The molecule has 0 saturated carbocycles. The maximum Gasteiger partial charge on any atom is 0.274 e. The highest BCUT2D eigenvalue weighted by molar-refractivity contribution is 9.10. The predicted molar refractivity (Wildman–Crippen MR) is 72.7 cm³/mol. The van der Waals surface area contributed by atoms with E-state index < -0.39 is 5.82 Å². The Kier molecular flexibility index (Phi) is 4.00. The number of anilines is 1. The number of aromatic amines is 1. The van der Waals surface area contributed by atoms with E-state index in [9.17, 15) is 9.18 Å². The summed E-state index contributed by atoms with van der Waals surface area (Å²) in [6, 6.07) is 4.48. The molecule has 1 aromatic heterocycles. The summed E-state index contributed by atoms with van der Waals surface area (Å²) in [5, 5.41) is 11.1. The van der Waals surface area contributed by atoms with Crippen LogP contribution in [0.25, 0.3) is 0 Å². The van der Waals surface area contributed by atoms with E-state index in [0.717, 1.165) is 4.47 Å². The molecule has 0 aliphatic rings. The van der Waals surface area contributed by atoms with Gasteiger partial charge in [-0.15, -0.1) is 10.2 Å². The maximum atomic E-state index is 13.4. The summed E-state index contributed by atoms with van der Waals surface area (Å²) in [5.41, 5.74) is 2.66. The van der Waals surface area contributed by atoms with E-state index in [1.807, 2.05) is 0 Å². The van der Waals surface area contributed by atoms with Gasteiger partial charge in [0.25, 0.3) is 5.56 Å². The van der Waals surface area contributed by atoms with E-state index in [-0.39, 0.29) is 17.2 Å². The minimum Gasteiger partial charge on any atom is -0.288 e. The van der Waals surface area contributed by atoms with Crippen molar-refractivity contribution < 1.29 is 4.39 Å². The molecule has 0 amide bonds. The summed E-state index contributed by atoms with van der Waals surface area (Å²) in [4.78, 5) is 13.7. The first-order valence-corrected chi connectivity index (χ1v) is 6.03. The average Bonchev–Trinajstić information content (AvgIpc) is 2.38. The van der Waals surface area contributed by atoms with E-state index >= 15 is 0 Å². The fourth-order valence-electron chi connectivity index (χ4n) is 1.22. The zero-order valence-corrected chi connectivity index (χ0v) is 11.4. The van der Waals surface area contributed by atoms with Crippen LogP contribution in [0.5, 0.6) is 0 Å². The van der Waals surface area contributed by atoms with Crippen LogP contribution in [0.4, 0.5) is 10.3 Å². The molecular weight excluding hydrogens is 317 g/mol. The van der Waals surface area contributed by atoms with Crippen LogP contribution in [0, 0.1) is 12.7 Å². The van der Waals surface area contributed by atoms with Gasteiger partial charge in [-0.3, -0.25) is 9.78 Å². The van der Waals surface area contributed by atoms with Gasteiger partial charge in [0.2, 0.25) is 5.95 Å². The lowest BCUT2D eigenvalue weighted by Crippen LogP contribution is -2.15. The van der Waals surface area contributed by atoms with E-state index in [0.29, 0.717) is 5.56 Å². The number of benzene rings is 1. The van der Waals surface area contributed by atoms with Crippen molar-refractivity contribution in [3.63, 3.8) is 0 Å². The van der Waals surface area contributed by atoms with Gasteiger partial charge in [0.05, 0.1) is 6.21 Å². The first-order chi connectivity index (χ1) is 9.06. The molecule has 0 bridgehead atoms. The second-order valence-electron chi connectivity index (χ2n) is 3.62. The van der Waals surface area contributed by atoms with Gasteiger partial charge in [0.1, 0.15) is 11.5 Å². The van der Waals surface area contributed by atoms with Gasteiger partial charge in [-0.05, 0) is 25.1 Å². The third-order valence-corrected chi connectivity index (χ3v) is 2.69. The Morgan fingerprint density at radius 2 is 2.26 bits per heavy atom. The Morgan fingerprint density at radius 3 is 3.00 bits per heavy atom. The Bertz CT molecular complexity index is 685. The second-order valence-corrected chi connectivity index (χ2v) is 4.54. The van der Waals surface area contributed by atoms with Crippen LogP contribution in [0.1, 0.15) is 11.3 Å². The largest absolute Gasteiger partial charge is 0.288 e. The minimum atomic E-state index is -0.405. The lowest BCUT2D eigenvalue weighted by molar-refractivity contribution is 0.625. The molecule has 0 spiro atoms. The number of aromatic nitrogens is 3. The molecule has 0 saturated heterocycles. The predicted octanol–water partition coefficient (Wildman–Crippen LogP) is 1.82. The van der Waals surface area contributed by atoms with E-state index in [1.165, 1.54) is 19.2 Å². The monoisotopic (exact) mass is 325 g/mol. The second kappa shape index (κ2) is 5.70. The highest BCUT2D eigenvalue weighted by Gasteiger charge is 2.00. The molecule has 0 atom stereocenters. The molecule has 98 valence electrons. The van der Waals surface area contributed by atoms with Crippen molar-refractivity contribution in [3.8, 4) is 0 Å². The third kappa shape index (κ3) is 3.44. The van der Waals surface area contributed by atoms with Crippen LogP contribution in [0.2, 0.25) is 0 Å². The number of aryl methyl sites for hydroxylation is 1. The molecule has 19 heavy (non-hydrogen) atoms. The normalized spacial score (nSPS) is 10.9. The molecule has 0 fully saturated rings. The summed E-state index contributed by atoms with van der Waals surface area (Å²) >= 11 is 3.23. The van der Waals surface area contributed by atoms with Gasteiger partial charge in [0.15, 0.2) is 0 Å². The summed E-state index contributed by atoms with van der Waals surface area (Å²) in [5.74, 6) is -0.320. The lowest BCUT2D eigenvalue weighted by atomic mass is 10.2. The first-order valence-electron chi connectivity index (χ1n) is 5.24. The van der Waals surface area contributed by atoms with Gasteiger partial charge in [-0.1, -0.05) is 15.9 Å². The third-order valence-electron chi connectivity index (χ3n) is 2.19. The van der Waals surface area contributed by atoms with Crippen LogP contribution >= 0.6 is 15.9 Å². The molecule has 0 aliphatic heterocycles. The fraction of sp³-hybridized carbons (Fsp3) is 0.0909. The van der Waals surface area contributed by atoms with E-state index in [4.69, 9.17) is 0 Å². The van der Waals surface area contributed by atoms with Gasteiger partial charge in [0, 0.05) is 10.0 Å². The number of nitrogens with zero attached hydrogens (tertiary/aromatic N) is 3. The number of halogens is 2. The quantitative estimate of drug-likeness (QED) is 0.666. The van der Waals surface area contributed by atoms with E-state index in [2.05, 4.69) is 41.6 Å². The highest BCUT2D eigenvalue weighted by atomic mass is 79.9. The van der Waals surface area contributed by atoms with E-state index in [1.54, 1.807) is 12.1 Å². The Labute approximate surface area is 115 Å². The number of hydrogen-bond acceptors (Lipinski definition) is 5. The van der Waals surface area contributed by atoms with Gasteiger partial charge >= 0.3 is 0 Å². The van der Waals surface area contributed by atoms with Gasteiger partial charge in [-0.25, -0.2) is 9.82 Å². The summed E-state index contributed by atoms with van der Waals surface area (Å²) in [7, 11) is 0. The minimum absolute atomic E-state index is 0.0854. The first kappa shape index (κ1) is 13.3. The molecule has 8 heteroatoms. The number of rotatable bonds is 3. The maximum absolute atomic E-state index is 13.4. The van der Waals surface area contributed by atoms with Crippen LogP contribution in [-0.2, 0) is 0 Å². The van der Waals surface area contributed by atoms with Crippen molar-refractivity contribution in [1.29, 1.82) is 0 Å². The van der Waals surface area contributed by atoms with Crippen LogP contribution in [0.15, 0.2) is 32.6 Å². The number of hydrazone groups is 1. The molecule has 1 aromatic carbocycles. The smallest absolute Gasteiger partial charge is 0.274 e. The SMILES string of the molecule is Cc1nnc(N/N=C\c2cc(Br)ccc2F)[nH]c1=O. The summed E-state index contributed by atoms with van der Waals surface area (Å²) in [6.07, 6.45) is 1.28. The van der Waals surface area contributed by atoms with Crippen molar-refractivity contribution in [2.24, 2.45) is 5.10 Å². The molecule has 0 radical (unpaired) electrons. The van der Waals surface area contributed by atoms with Crippen molar-refractivity contribution in [3.05, 3.63) is 50.1 Å². The summed E-state index contributed by atoms with van der Waals surface area (Å²) < 4.78 is 14.1. The van der Waals surface area contributed by atoms with Gasteiger partial charge in [-0.2, -0.15) is 5.10 Å². The zero-order valence-electron chi connectivity index (χ0n) is 9.82. The standard InChI is InChI=1S/C11H9BrFN5O/c1-6-10(19)15-11(18-16-6)17-14-5-7-4-8(12)2-3-9(7)13/h2-5H,1H3,(H2,15,17,18,19)/b14-5-. The fourth-order valence-corrected chi connectivity index (χ4v) is 1.60. The molecule has 0 unspecified atom stereocenters. The summed E-state index contributed by atoms with van der Waals surface area (Å²) in [6.45, 7) is 1.54. The van der Waals surface area contributed by atoms with Crippen LogP contribution in [-0.4, -0.2) is 21.4 Å². The molecular formula is C11H9BrFN5O. The zero-order chi connectivity index (χ0) is 13.8.